The Balaban J connectivity index is 2.31. The molecule has 1 aromatic heterocycles. The summed E-state index contributed by atoms with van der Waals surface area (Å²) in [5, 5.41) is 3.26. The first-order valence-corrected chi connectivity index (χ1v) is 6.05. The fourth-order valence-corrected chi connectivity index (χ4v) is 1.40. The number of halogens is 1. The third-order valence-corrected chi connectivity index (χ3v) is 3.28. The van der Waals surface area contributed by atoms with Crippen molar-refractivity contribution in [2.45, 2.75) is 24.6 Å². The van der Waals surface area contributed by atoms with Crippen molar-refractivity contribution in [1.82, 2.24) is 4.98 Å². The monoisotopic (exact) mass is 272 g/mol. The van der Waals surface area contributed by atoms with Gasteiger partial charge in [-0.2, -0.15) is 0 Å². The van der Waals surface area contributed by atoms with E-state index in [1.165, 1.54) is 0 Å². The Morgan fingerprint density at radius 2 is 2.33 bits per heavy atom. The van der Waals surface area contributed by atoms with Crippen LogP contribution in [0.15, 0.2) is 18.3 Å². The molecule has 0 fully saturated rings. The van der Waals surface area contributed by atoms with Gasteiger partial charge >= 0.3 is 0 Å². The van der Waals surface area contributed by atoms with E-state index in [9.17, 15) is 0 Å². The third kappa shape index (κ3) is 4.51. The summed E-state index contributed by atoms with van der Waals surface area (Å²) in [5.41, 5.74) is 0. The number of alkyl halides is 1. The molecule has 0 radical (unpaired) electrons. The van der Waals surface area contributed by atoms with Gasteiger partial charge < -0.3 is 10.1 Å². The molecular weight excluding hydrogens is 256 g/mol. The molecule has 4 heteroatoms. The zero-order valence-corrected chi connectivity index (χ0v) is 10.8. The number of hydrogen-bond donors (Lipinski definition) is 1. The van der Waals surface area contributed by atoms with Crippen LogP contribution in [0.4, 0.5) is 5.82 Å². The molecule has 0 amide bonds. The van der Waals surface area contributed by atoms with Crippen LogP contribution >= 0.6 is 15.9 Å². The molecule has 1 rings (SSSR count). The van der Waals surface area contributed by atoms with Gasteiger partial charge in [0.25, 0.3) is 0 Å². The molecule has 0 aliphatic carbocycles. The van der Waals surface area contributed by atoms with E-state index in [-0.39, 0.29) is 0 Å². The largest absolute Gasteiger partial charge is 0.495 e. The summed E-state index contributed by atoms with van der Waals surface area (Å²) in [5.74, 6) is 1.68. The van der Waals surface area contributed by atoms with Gasteiger partial charge in [0.15, 0.2) is 0 Å². The lowest BCUT2D eigenvalue weighted by Gasteiger charge is -2.08. The third-order valence-electron chi connectivity index (χ3n) is 2.18. The molecule has 3 nitrogen and oxygen atoms in total. The fraction of sp³-hybridized carbons (Fsp3) is 0.545. The minimum atomic E-state index is 0.586. The van der Waals surface area contributed by atoms with Gasteiger partial charge in [-0.05, 0) is 25.0 Å². The number of methoxy groups -OCH3 is 1. The van der Waals surface area contributed by atoms with Crippen molar-refractivity contribution in [3.05, 3.63) is 18.3 Å². The highest BCUT2D eigenvalue weighted by molar-refractivity contribution is 9.09. The normalized spacial score (nSPS) is 12.2. The first-order chi connectivity index (χ1) is 7.26. The topological polar surface area (TPSA) is 34.1 Å². The quantitative estimate of drug-likeness (QED) is 0.809. The van der Waals surface area contributed by atoms with Crippen LogP contribution in [0.5, 0.6) is 5.75 Å². The Labute approximate surface area is 99.4 Å². The molecule has 1 N–H and O–H groups in total. The summed E-state index contributed by atoms with van der Waals surface area (Å²) >= 11 is 3.59. The molecule has 0 aromatic carbocycles. The number of aromatic nitrogens is 1. The lowest BCUT2D eigenvalue weighted by Crippen LogP contribution is -2.08. The van der Waals surface area contributed by atoms with Crippen molar-refractivity contribution in [3.8, 4) is 5.75 Å². The van der Waals surface area contributed by atoms with Crippen molar-refractivity contribution in [2.24, 2.45) is 0 Å². The van der Waals surface area contributed by atoms with Gasteiger partial charge in [0.2, 0.25) is 0 Å². The van der Waals surface area contributed by atoms with Crippen molar-refractivity contribution >= 4 is 21.7 Å². The van der Waals surface area contributed by atoms with Gasteiger partial charge in [-0.1, -0.05) is 22.9 Å². The van der Waals surface area contributed by atoms with Gasteiger partial charge in [0, 0.05) is 11.4 Å². The molecule has 1 atom stereocenters. The van der Waals surface area contributed by atoms with E-state index < -0.39 is 0 Å². The van der Waals surface area contributed by atoms with Gasteiger partial charge in [0.05, 0.1) is 13.3 Å². The van der Waals surface area contributed by atoms with Crippen LogP contribution in [-0.2, 0) is 0 Å². The predicted molar refractivity (Wildman–Crippen MR) is 66.9 cm³/mol. The van der Waals surface area contributed by atoms with Crippen LogP contribution in [0.3, 0.4) is 0 Å². The number of nitrogens with zero attached hydrogens (tertiary/aromatic N) is 1. The number of hydrogen-bond acceptors (Lipinski definition) is 3. The lowest BCUT2D eigenvalue weighted by atomic mass is 10.2. The lowest BCUT2D eigenvalue weighted by molar-refractivity contribution is 0.413. The van der Waals surface area contributed by atoms with Crippen LogP contribution in [-0.4, -0.2) is 23.5 Å². The van der Waals surface area contributed by atoms with Gasteiger partial charge in [-0.25, -0.2) is 4.98 Å². The molecule has 0 saturated carbocycles. The number of pyridine rings is 1. The summed E-state index contributed by atoms with van der Waals surface area (Å²) in [4.78, 5) is 4.81. The zero-order chi connectivity index (χ0) is 11.1. The molecule has 1 aromatic rings. The van der Waals surface area contributed by atoms with E-state index in [1.54, 1.807) is 13.3 Å². The molecule has 0 bridgehead atoms. The summed E-state index contributed by atoms with van der Waals surface area (Å²) in [6.45, 7) is 3.11. The molecule has 1 unspecified atom stereocenters. The smallest absolute Gasteiger partial charge is 0.137 e. The Hall–Kier alpha value is -0.770. The van der Waals surface area contributed by atoms with Gasteiger partial charge in [-0.15, -0.1) is 0 Å². The second-order valence-electron chi connectivity index (χ2n) is 3.30. The molecule has 84 valence electrons. The number of rotatable bonds is 6. The van der Waals surface area contributed by atoms with Crippen LogP contribution in [0.1, 0.15) is 19.8 Å². The van der Waals surface area contributed by atoms with Gasteiger partial charge in [-0.3, -0.25) is 0 Å². The highest BCUT2D eigenvalue weighted by atomic mass is 79.9. The van der Waals surface area contributed by atoms with E-state index in [1.807, 2.05) is 12.1 Å². The van der Waals surface area contributed by atoms with Crippen molar-refractivity contribution in [1.29, 1.82) is 0 Å². The Morgan fingerprint density at radius 1 is 1.53 bits per heavy atom. The summed E-state index contributed by atoms with van der Waals surface area (Å²) in [7, 11) is 1.64. The molecule has 15 heavy (non-hydrogen) atoms. The average molecular weight is 273 g/mol. The van der Waals surface area contributed by atoms with Crippen LogP contribution in [0.2, 0.25) is 0 Å². The van der Waals surface area contributed by atoms with E-state index in [2.05, 4.69) is 33.2 Å². The van der Waals surface area contributed by atoms with Crippen molar-refractivity contribution in [2.75, 3.05) is 19.0 Å². The predicted octanol–water partition coefficient (Wildman–Crippen LogP) is 3.07. The van der Waals surface area contributed by atoms with Crippen LogP contribution < -0.4 is 10.1 Å². The Bertz CT molecular complexity index is 276. The highest BCUT2D eigenvalue weighted by Gasteiger charge is 2.00. The zero-order valence-electron chi connectivity index (χ0n) is 9.16. The number of anilines is 1. The fourth-order valence-electron chi connectivity index (χ4n) is 1.17. The Morgan fingerprint density at radius 3 is 2.87 bits per heavy atom. The van der Waals surface area contributed by atoms with E-state index >= 15 is 0 Å². The SMILES string of the molecule is CCC(Br)CCNc1ccc(OC)cn1. The molecule has 1 heterocycles. The first-order valence-electron chi connectivity index (χ1n) is 5.14. The first kappa shape index (κ1) is 12.3. The maximum atomic E-state index is 5.03. The summed E-state index contributed by atoms with van der Waals surface area (Å²) in [6, 6.07) is 3.83. The molecular formula is C11H17BrN2O. The number of ether oxygens (including phenoxy) is 1. The second kappa shape index (κ2) is 6.67. The summed E-state index contributed by atoms with van der Waals surface area (Å²) < 4.78 is 5.03. The van der Waals surface area contributed by atoms with E-state index in [4.69, 9.17) is 4.74 Å². The molecule has 0 spiro atoms. The maximum absolute atomic E-state index is 5.03. The molecule has 0 aliphatic heterocycles. The van der Waals surface area contributed by atoms with Crippen LogP contribution in [0, 0.1) is 0 Å². The van der Waals surface area contributed by atoms with Gasteiger partial charge in [0.1, 0.15) is 11.6 Å². The molecule has 0 aliphatic rings. The number of nitrogens with one attached hydrogen (secondary N) is 1. The van der Waals surface area contributed by atoms with Crippen molar-refractivity contribution in [3.63, 3.8) is 0 Å². The van der Waals surface area contributed by atoms with E-state index in [0.29, 0.717) is 4.83 Å². The minimum absolute atomic E-state index is 0.586. The average Bonchev–Trinajstić information content (AvgIpc) is 2.29. The minimum Gasteiger partial charge on any atom is -0.495 e. The maximum Gasteiger partial charge on any atom is 0.137 e. The highest BCUT2D eigenvalue weighted by Crippen LogP contribution is 2.12. The Kier molecular flexibility index (Phi) is 5.47. The van der Waals surface area contributed by atoms with Crippen molar-refractivity contribution < 1.29 is 4.74 Å². The summed E-state index contributed by atoms with van der Waals surface area (Å²) in [6.07, 6.45) is 3.97. The van der Waals surface area contributed by atoms with E-state index in [0.717, 1.165) is 31.0 Å². The van der Waals surface area contributed by atoms with Crippen LogP contribution in [0.25, 0.3) is 0 Å². The second-order valence-corrected chi connectivity index (χ2v) is 4.60. The molecule has 0 saturated heterocycles. The standard InChI is InChI=1S/C11H17BrN2O/c1-3-9(12)6-7-13-11-5-4-10(15-2)8-14-11/h4-5,8-9H,3,6-7H2,1-2H3,(H,13,14).